The van der Waals surface area contributed by atoms with Crippen molar-refractivity contribution in [1.82, 2.24) is 4.90 Å². The number of aryl methyl sites for hydroxylation is 1. The average molecular weight is 289 g/mol. The maximum atomic E-state index is 12.8. The van der Waals surface area contributed by atoms with Crippen molar-refractivity contribution in [2.75, 3.05) is 13.6 Å². The van der Waals surface area contributed by atoms with E-state index in [1.54, 1.807) is 17.0 Å². The first-order chi connectivity index (χ1) is 10.0. The second-order valence-corrected chi connectivity index (χ2v) is 5.36. The van der Waals surface area contributed by atoms with Gasteiger partial charge in [0.1, 0.15) is 5.82 Å². The zero-order chi connectivity index (χ0) is 15.7. The summed E-state index contributed by atoms with van der Waals surface area (Å²) in [5.74, 6) is -0.110. The molecular formula is C18H24FNO. The van der Waals surface area contributed by atoms with E-state index in [-0.39, 0.29) is 11.7 Å². The van der Waals surface area contributed by atoms with Crippen LogP contribution in [0.25, 0.3) is 0 Å². The Kier molecular flexibility index (Phi) is 7.49. The number of nitrogens with zero attached hydrogens (tertiary/aromatic N) is 1. The van der Waals surface area contributed by atoms with Crippen LogP contribution in [-0.2, 0) is 11.2 Å². The number of rotatable bonds is 8. The Morgan fingerprint density at radius 3 is 2.52 bits per heavy atom. The van der Waals surface area contributed by atoms with Crippen LogP contribution >= 0.6 is 0 Å². The first-order valence-corrected chi connectivity index (χ1v) is 7.37. The second-order valence-electron chi connectivity index (χ2n) is 5.36. The van der Waals surface area contributed by atoms with E-state index >= 15 is 0 Å². The largest absolute Gasteiger partial charge is 0.346 e. The molecule has 0 radical (unpaired) electrons. The summed E-state index contributed by atoms with van der Waals surface area (Å²) in [5.41, 5.74) is 5.04. The predicted octanol–water partition coefficient (Wildman–Crippen LogP) is 4.12. The fraction of sp³-hybridized carbons (Fsp3) is 0.444. The highest BCUT2D eigenvalue weighted by Crippen LogP contribution is 2.08. The highest BCUT2D eigenvalue weighted by Gasteiger charge is 2.08. The van der Waals surface area contributed by atoms with Gasteiger partial charge >= 0.3 is 0 Å². The normalized spacial score (nSPS) is 10.0. The lowest BCUT2D eigenvalue weighted by molar-refractivity contribution is -0.129. The van der Waals surface area contributed by atoms with E-state index < -0.39 is 0 Å². The molecule has 0 unspecified atom stereocenters. The number of hydrogen-bond acceptors (Lipinski definition) is 1. The molecule has 0 fully saturated rings. The minimum atomic E-state index is -0.244. The molecule has 1 amide bonds. The number of halogens is 1. The SMILES string of the molecule is C=C=C(C)CCCCN(C)C(=O)CCc1ccc(F)cc1. The molecule has 0 aliphatic heterocycles. The molecule has 0 aliphatic carbocycles. The third-order valence-electron chi connectivity index (χ3n) is 3.56. The first kappa shape index (κ1) is 17.2. The van der Waals surface area contributed by atoms with Gasteiger partial charge in [0, 0.05) is 20.0 Å². The Morgan fingerprint density at radius 1 is 1.24 bits per heavy atom. The van der Waals surface area contributed by atoms with Crippen LogP contribution in [0.1, 0.15) is 38.2 Å². The molecule has 0 aromatic heterocycles. The molecule has 2 nitrogen and oxygen atoms in total. The fourth-order valence-electron chi connectivity index (χ4n) is 2.05. The Morgan fingerprint density at radius 2 is 1.90 bits per heavy atom. The van der Waals surface area contributed by atoms with Crippen LogP contribution in [-0.4, -0.2) is 24.4 Å². The maximum Gasteiger partial charge on any atom is 0.222 e. The molecule has 0 N–H and O–H groups in total. The van der Waals surface area contributed by atoms with E-state index in [4.69, 9.17) is 0 Å². The minimum absolute atomic E-state index is 0.135. The number of carbonyl (C=O) groups is 1. The van der Waals surface area contributed by atoms with Gasteiger partial charge in [-0.05, 0) is 55.9 Å². The third-order valence-corrected chi connectivity index (χ3v) is 3.56. The van der Waals surface area contributed by atoms with Crippen molar-refractivity contribution in [2.45, 2.75) is 39.0 Å². The van der Waals surface area contributed by atoms with E-state index in [0.29, 0.717) is 12.8 Å². The van der Waals surface area contributed by atoms with Crippen molar-refractivity contribution < 1.29 is 9.18 Å². The third kappa shape index (κ3) is 6.92. The van der Waals surface area contributed by atoms with Crippen LogP contribution < -0.4 is 0 Å². The van der Waals surface area contributed by atoms with Gasteiger partial charge in [0.05, 0.1) is 0 Å². The van der Waals surface area contributed by atoms with E-state index in [2.05, 4.69) is 12.3 Å². The van der Waals surface area contributed by atoms with Crippen LogP contribution in [0, 0.1) is 5.82 Å². The van der Waals surface area contributed by atoms with Gasteiger partial charge in [-0.1, -0.05) is 18.7 Å². The fourth-order valence-corrected chi connectivity index (χ4v) is 2.05. The van der Waals surface area contributed by atoms with E-state index in [0.717, 1.165) is 31.4 Å². The molecule has 1 aromatic rings. The molecule has 1 rings (SSSR count). The van der Waals surface area contributed by atoms with Gasteiger partial charge in [0.25, 0.3) is 0 Å². The summed E-state index contributed by atoms with van der Waals surface area (Å²) in [6.45, 7) is 6.40. The Bertz CT molecular complexity index is 500. The molecule has 0 atom stereocenters. The summed E-state index contributed by atoms with van der Waals surface area (Å²) in [5, 5.41) is 0. The smallest absolute Gasteiger partial charge is 0.222 e. The Labute approximate surface area is 127 Å². The van der Waals surface area contributed by atoms with Crippen LogP contribution in [0.5, 0.6) is 0 Å². The average Bonchev–Trinajstić information content (AvgIpc) is 2.50. The Balaban J connectivity index is 2.24. The van der Waals surface area contributed by atoms with Gasteiger partial charge in [-0.15, -0.1) is 5.73 Å². The Hall–Kier alpha value is -1.86. The number of amides is 1. The zero-order valence-corrected chi connectivity index (χ0v) is 13.0. The summed E-state index contributed by atoms with van der Waals surface area (Å²) in [6.07, 6.45) is 4.14. The summed E-state index contributed by atoms with van der Waals surface area (Å²) in [7, 11) is 1.84. The lowest BCUT2D eigenvalue weighted by atomic mass is 10.1. The van der Waals surface area contributed by atoms with Crippen LogP contribution in [0.3, 0.4) is 0 Å². The molecule has 0 saturated heterocycles. The summed E-state index contributed by atoms with van der Waals surface area (Å²) >= 11 is 0. The monoisotopic (exact) mass is 289 g/mol. The number of carbonyl (C=O) groups excluding carboxylic acids is 1. The standard InChI is InChI=1S/C18H24FNO/c1-4-15(2)7-5-6-14-20(3)18(21)13-10-16-8-11-17(19)12-9-16/h8-9,11-12H,1,5-7,10,13-14H2,2-3H3. The molecule has 1 aromatic carbocycles. The van der Waals surface area contributed by atoms with Crippen molar-refractivity contribution in [3.05, 3.63) is 53.5 Å². The van der Waals surface area contributed by atoms with Crippen LogP contribution in [0.4, 0.5) is 4.39 Å². The van der Waals surface area contributed by atoms with E-state index in [9.17, 15) is 9.18 Å². The molecule has 0 bridgehead atoms. The molecule has 21 heavy (non-hydrogen) atoms. The molecule has 0 heterocycles. The summed E-state index contributed by atoms with van der Waals surface area (Å²) in [4.78, 5) is 13.8. The molecule has 3 heteroatoms. The van der Waals surface area contributed by atoms with Gasteiger partial charge in [0.2, 0.25) is 5.91 Å². The van der Waals surface area contributed by atoms with Gasteiger partial charge in [-0.3, -0.25) is 4.79 Å². The highest BCUT2D eigenvalue weighted by atomic mass is 19.1. The number of allylic oxidation sites excluding steroid dienone is 1. The van der Waals surface area contributed by atoms with E-state index in [1.807, 2.05) is 14.0 Å². The lowest BCUT2D eigenvalue weighted by Crippen LogP contribution is -2.27. The first-order valence-electron chi connectivity index (χ1n) is 7.37. The molecule has 0 saturated carbocycles. The molecular weight excluding hydrogens is 265 g/mol. The topological polar surface area (TPSA) is 20.3 Å². The molecule has 114 valence electrons. The summed E-state index contributed by atoms with van der Waals surface area (Å²) in [6, 6.07) is 6.32. The van der Waals surface area contributed by atoms with Gasteiger partial charge < -0.3 is 4.90 Å². The van der Waals surface area contributed by atoms with Gasteiger partial charge in [-0.25, -0.2) is 4.39 Å². The van der Waals surface area contributed by atoms with Gasteiger partial charge in [0.15, 0.2) is 0 Å². The molecule has 0 aliphatic rings. The number of benzene rings is 1. The molecule has 0 spiro atoms. The number of unbranched alkanes of at least 4 members (excludes halogenated alkanes) is 1. The summed E-state index contributed by atoms with van der Waals surface area (Å²) < 4.78 is 12.8. The van der Waals surface area contributed by atoms with Crippen LogP contribution in [0.2, 0.25) is 0 Å². The maximum absolute atomic E-state index is 12.8. The van der Waals surface area contributed by atoms with Crippen molar-refractivity contribution in [2.24, 2.45) is 0 Å². The predicted molar refractivity (Wildman–Crippen MR) is 84.5 cm³/mol. The zero-order valence-electron chi connectivity index (χ0n) is 13.0. The van der Waals surface area contributed by atoms with Crippen molar-refractivity contribution in [1.29, 1.82) is 0 Å². The van der Waals surface area contributed by atoms with E-state index in [1.165, 1.54) is 17.7 Å². The van der Waals surface area contributed by atoms with Gasteiger partial charge in [-0.2, -0.15) is 0 Å². The van der Waals surface area contributed by atoms with Crippen molar-refractivity contribution in [3.8, 4) is 0 Å². The second kappa shape index (κ2) is 9.15. The number of hydrogen-bond donors (Lipinski definition) is 0. The minimum Gasteiger partial charge on any atom is -0.346 e. The highest BCUT2D eigenvalue weighted by molar-refractivity contribution is 5.76. The van der Waals surface area contributed by atoms with Crippen molar-refractivity contribution in [3.63, 3.8) is 0 Å². The lowest BCUT2D eigenvalue weighted by Gasteiger charge is -2.17. The van der Waals surface area contributed by atoms with Crippen LogP contribution in [0.15, 0.2) is 42.1 Å². The van der Waals surface area contributed by atoms with Crippen molar-refractivity contribution >= 4 is 5.91 Å². The quantitative estimate of drug-likeness (QED) is 0.521.